The molecule has 1 aromatic carbocycles. The molecular formula is C13H19N3O3. The van der Waals surface area contributed by atoms with Crippen molar-refractivity contribution in [3.63, 3.8) is 0 Å². The van der Waals surface area contributed by atoms with Gasteiger partial charge in [0.15, 0.2) is 0 Å². The van der Waals surface area contributed by atoms with Crippen LogP contribution >= 0.6 is 0 Å². The van der Waals surface area contributed by atoms with Crippen LogP contribution in [0.15, 0.2) is 24.3 Å². The number of benzene rings is 1. The number of urea groups is 1. The molecule has 0 aliphatic carbocycles. The van der Waals surface area contributed by atoms with E-state index in [1.807, 2.05) is 6.92 Å². The highest BCUT2D eigenvalue weighted by molar-refractivity contribution is 5.95. The highest BCUT2D eigenvalue weighted by Crippen LogP contribution is 2.10. The molecule has 1 rings (SSSR count). The number of carbonyl (C=O) groups is 2. The largest absolute Gasteiger partial charge is 0.396 e. The first kappa shape index (κ1) is 15.0. The summed E-state index contributed by atoms with van der Waals surface area (Å²) in [4.78, 5) is 22.6. The van der Waals surface area contributed by atoms with Gasteiger partial charge in [0.05, 0.1) is 0 Å². The molecule has 1 atom stereocenters. The van der Waals surface area contributed by atoms with Crippen LogP contribution in [0.25, 0.3) is 0 Å². The van der Waals surface area contributed by atoms with Crippen molar-refractivity contribution in [2.75, 3.05) is 11.9 Å². The molecule has 0 saturated heterocycles. The fraction of sp³-hybridized carbons (Fsp3) is 0.385. The van der Waals surface area contributed by atoms with Crippen LogP contribution in [-0.4, -0.2) is 29.7 Å². The summed E-state index contributed by atoms with van der Waals surface area (Å²) in [5.41, 5.74) is 6.01. The average Bonchev–Trinajstić information content (AvgIpc) is 2.38. The molecule has 1 aromatic rings. The Morgan fingerprint density at radius 2 is 1.95 bits per heavy atom. The van der Waals surface area contributed by atoms with Gasteiger partial charge in [-0.25, -0.2) is 4.79 Å². The number of nitrogens with one attached hydrogen (secondary N) is 2. The van der Waals surface area contributed by atoms with E-state index in [9.17, 15) is 9.59 Å². The summed E-state index contributed by atoms with van der Waals surface area (Å²) in [5.74, 6) is -0.203. The Bertz CT molecular complexity index is 431. The summed E-state index contributed by atoms with van der Waals surface area (Å²) >= 11 is 0. The smallest absolute Gasteiger partial charge is 0.316 e. The number of amides is 3. The maximum absolute atomic E-state index is 11.9. The van der Waals surface area contributed by atoms with E-state index in [1.54, 1.807) is 24.3 Å². The molecule has 104 valence electrons. The number of hydrogen-bond donors (Lipinski definition) is 4. The van der Waals surface area contributed by atoms with E-state index in [2.05, 4.69) is 10.6 Å². The van der Waals surface area contributed by atoms with E-state index in [1.165, 1.54) is 0 Å². The first-order valence-electron chi connectivity index (χ1n) is 6.15. The number of primary amides is 1. The molecule has 6 heteroatoms. The number of anilines is 1. The second-order valence-electron chi connectivity index (χ2n) is 4.16. The normalized spacial score (nSPS) is 11.7. The lowest BCUT2D eigenvalue weighted by molar-refractivity contribution is 0.0929. The van der Waals surface area contributed by atoms with E-state index >= 15 is 0 Å². The summed E-state index contributed by atoms with van der Waals surface area (Å²) in [7, 11) is 0. The topological polar surface area (TPSA) is 104 Å². The molecule has 0 aromatic heterocycles. The van der Waals surface area contributed by atoms with Gasteiger partial charge < -0.3 is 21.5 Å². The zero-order chi connectivity index (χ0) is 14.3. The van der Waals surface area contributed by atoms with Crippen LogP contribution in [0.3, 0.4) is 0 Å². The van der Waals surface area contributed by atoms with Crippen LogP contribution in [-0.2, 0) is 0 Å². The van der Waals surface area contributed by atoms with Gasteiger partial charge >= 0.3 is 6.03 Å². The summed E-state index contributed by atoms with van der Waals surface area (Å²) < 4.78 is 0. The number of nitrogens with two attached hydrogens (primary N) is 1. The molecule has 0 aliphatic heterocycles. The van der Waals surface area contributed by atoms with Gasteiger partial charge in [-0.3, -0.25) is 4.79 Å². The molecule has 0 bridgehead atoms. The Morgan fingerprint density at radius 3 is 2.42 bits per heavy atom. The third kappa shape index (κ3) is 4.97. The third-order valence-electron chi connectivity index (χ3n) is 2.72. The highest BCUT2D eigenvalue weighted by Gasteiger charge is 2.11. The Kier molecular flexibility index (Phi) is 5.81. The molecule has 0 saturated carbocycles. The van der Waals surface area contributed by atoms with Gasteiger partial charge in [0, 0.05) is 23.9 Å². The minimum Gasteiger partial charge on any atom is -0.396 e. The number of aliphatic hydroxyl groups is 1. The van der Waals surface area contributed by atoms with E-state index in [0.717, 1.165) is 6.42 Å². The molecule has 6 nitrogen and oxygen atoms in total. The highest BCUT2D eigenvalue weighted by atomic mass is 16.3. The number of aliphatic hydroxyl groups excluding tert-OH is 1. The third-order valence-corrected chi connectivity index (χ3v) is 2.72. The van der Waals surface area contributed by atoms with E-state index in [4.69, 9.17) is 10.8 Å². The van der Waals surface area contributed by atoms with Gasteiger partial charge in [-0.15, -0.1) is 0 Å². The molecule has 3 amide bonds. The van der Waals surface area contributed by atoms with E-state index in [-0.39, 0.29) is 18.6 Å². The average molecular weight is 265 g/mol. The minimum atomic E-state index is -0.647. The Balaban J connectivity index is 2.64. The van der Waals surface area contributed by atoms with Gasteiger partial charge in [0.1, 0.15) is 0 Å². The molecular weight excluding hydrogens is 246 g/mol. The second kappa shape index (κ2) is 7.38. The first-order chi connectivity index (χ1) is 9.06. The standard InChI is InChI=1S/C13H19N3O3/c1-2-10(7-8-17)15-12(18)9-3-5-11(6-4-9)16-13(14)19/h3-6,10,17H,2,7-8H2,1H3,(H,15,18)(H3,14,16,19). The van der Waals surface area contributed by atoms with Crippen LogP contribution in [0.2, 0.25) is 0 Å². The molecule has 0 fully saturated rings. The Labute approximate surface area is 112 Å². The molecule has 0 aliphatic rings. The fourth-order valence-electron chi connectivity index (χ4n) is 1.65. The number of carbonyl (C=O) groups excluding carboxylic acids is 2. The van der Waals surface area contributed by atoms with Crippen molar-refractivity contribution in [3.8, 4) is 0 Å². The van der Waals surface area contributed by atoms with Gasteiger partial charge in [-0.1, -0.05) is 6.92 Å². The van der Waals surface area contributed by atoms with E-state index in [0.29, 0.717) is 17.7 Å². The summed E-state index contributed by atoms with van der Waals surface area (Å²) in [6.07, 6.45) is 1.29. The first-order valence-corrected chi connectivity index (χ1v) is 6.15. The van der Waals surface area contributed by atoms with Crippen LogP contribution < -0.4 is 16.4 Å². The zero-order valence-corrected chi connectivity index (χ0v) is 10.8. The van der Waals surface area contributed by atoms with Crippen molar-refractivity contribution >= 4 is 17.6 Å². The molecule has 0 spiro atoms. The van der Waals surface area contributed by atoms with Crippen molar-refractivity contribution in [3.05, 3.63) is 29.8 Å². The van der Waals surface area contributed by atoms with Gasteiger partial charge in [-0.2, -0.15) is 0 Å². The SMILES string of the molecule is CCC(CCO)NC(=O)c1ccc(NC(N)=O)cc1. The van der Waals surface area contributed by atoms with Crippen LogP contribution in [0.4, 0.5) is 10.5 Å². The summed E-state index contributed by atoms with van der Waals surface area (Å²) in [6, 6.07) is 5.73. The maximum Gasteiger partial charge on any atom is 0.316 e. The zero-order valence-electron chi connectivity index (χ0n) is 10.8. The predicted octanol–water partition coefficient (Wildman–Crippen LogP) is 1.07. The minimum absolute atomic E-state index is 0.0408. The van der Waals surface area contributed by atoms with Crippen molar-refractivity contribution in [2.24, 2.45) is 5.73 Å². The predicted molar refractivity (Wildman–Crippen MR) is 72.9 cm³/mol. The van der Waals surface area contributed by atoms with Crippen LogP contribution in [0.5, 0.6) is 0 Å². The van der Waals surface area contributed by atoms with Gasteiger partial charge in [0.2, 0.25) is 0 Å². The second-order valence-corrected chi connectivity index (χ2v) is 4.16. The quantitative estimate of drug-likeness (QED) is 0.618. The van der Waals surface area contributed by atoms with Crippen molar-refractivity contribution < 1.29 is 14.7 Å². The summed E-state index contributed by atoms with van der Waals surface area (Å²) in [6.45, 7) is 1.99. The lowest BCUT2D eigenvalue weighted by Crippen LogP contribution is -2.35. The van der Waals surface area contributed by atoms with Crippen molar-refractivity contribution in [1.82, 2.24) is 5.32 Å². The van der Waals surface area contributed by atoms with Crippen molar-refractivity contribution in [1.29, 1.82) is 0 Å². The Morgan fingerprint density at radius 1 is 1.32 bits per heavy atom. The van der Waals surface area contributed by atoms with Crippen molar-refractivity contribution in [2.45, 2.75) is 25.8 Å². The summed E-state index contributed by atoms with van der Waals surface area (Å²) in [5, 5.41) is 14.1. The van der Waals surface area contributed by atoms with Crippen LogP contribution in [0.1, 0.15) is 30.1 Å². The lowest BCUT2D eigenvalue weighted by Gasteiger charge is -2.15. The lowest BCUT2D eigenvalue weighted by atomic mass is 10.1. The molecule has 19 heavy (non-hydrogen) atoms. The molecule has 1 unspecified atom stereocenters. The molecule has 5 N–H and O–H groups in total. The van der Waals surface area contributed by atoms with E-state index < -0.39 is 6.03 Å². The number of hydrogen-bond acceptors (Lipinski definition) is 3. The van der Waals surface area contributed by atoms with Gasteiger partial charge in [0.25, 0.3) is 5.91 Å². The number of rotatable bonds is 6. The van der Waals surface area contributed by atoms with Crippen LogP contribution in [0, 0.1) is 0 Å². The monoisotopic (exact) mass is 265 g/mol. The maximum atomic E-state index is 11.9. The Hall–Kier alpha value is -2.08. The fourth-order valence-corrected chi connectivity index (χ4v) is 1.65. The molecule has 0 radical (unpaired) electrons. The molecule has 0 heterocycles. The van der Waals surface area contributed by atoms with Gasteiger partial charge in [-0.05, 0) is 37.1 Å².